The highest BCUT2D eigenvalue weighted by Gasteiger charge is 2.30. The molecule has 1 N–H and O–H groups in total. The minimum Gasteiger partial charge on any atom is -0.479 e. The van der Waals surface area contributed by atoms with E-state index in [4.69, 9.17) is 14.6 Å². The molecular weight excluding hydrogens is 325 g/mol. The first kappa shape index (κ1) is 17.7. The van der Waals surface area contributed by atoms with Crippen molar-refractivity contribution in [2.24, 2.45) is 0 Å². The van der Waals surface area contributed by atoms with Gasteiger partial charge in [0.2, 0.25) is 0 Å². The molecule has 0 spiro atoms. The Morgan fingerprint density at radius 3 is 2.25 bits per heavy atom. The van der Waals surface area contributed by atoms with E-state index in [-0.39, 0.29) is 17.2 Å². The Labute approximate surface area is 136 Å². The number of carboxylic acid groups (broad SMARTS) is 1. The zero-order chi connectivity index (χ0) is 17.9. The molecular formula is C17H15F3O4. The van der Waals surface area contributed by atoms with E-state index in [0.717, 1.165) is 17.7 Å². The van der Waals surface area contributed by atoms with Gasteiger partial charge in [0.1, 0.15) is 5.75 Å². The first-order valence-corrected chi connectivity index (χ1v) is 7.02. The molecule has 0 aromatic heterocycles. The fourth-order valence-corrected chi connectivity index (χ4v) is 1.87. The van der Waals surface area contributed by atoms with Gasteiger partial charge in [-0.2, -0.15) is 13.2 Å². The minimum atomic E-state index is -4.42. The number of ether oxygens (including phenoxy) is 2. The molecule has 0 fully saturated rings. The van der Waals surface area contributed by atoms with Crippen molar-refractivity contribution in [2.45, 2.75) is 26.1 Å². The van der Waals surface area contributed by atoms with Crippen molar-refractivity contribution in [3.05, 3.63) is 53.6 Å². The minimum absolute atomic E-state index is 0.182. The molecule has 2 aromatic carbocycles. The first-order valence-electron chi connectivity index (χ1n) is 7.02. The fourth-order valence-electron chi connectivity index (χ4n) is 1.87. The number of hydrogen-bond acceptors (Lipinski definition) is 3. The number of aryl methyl sites for hydroxylation is 1. The molecule has 0 saturated carbocycles. The monoisotopic (exact) mass is 340 g/mol. The number of rotatable bonds is 5. The Kier molecular flexibility index (Phi) is 5.02. The summed E-state index contributed by atoms with van der Waals surface area (Å²) in [6.07, 6.45) is -5.52. The van der Waals surface area contributed by atoms with Gasteiger partial charge in [-0.15, -0.1) is 0 Å². The number of aliphatic carboxylic acids is 1. The molecule has 0 aliphatic heterocycles. The molecule has 1 unspecified atom stereocenters. The van der Waals surface area contributed by atoms with Gasteiger partial charge in [0, 0.05) is 0 Å². The molecule has 0 bridgehead atoms. The summed E-state index contributed by atoms with van der Waals surface area (Å²) in [6, 6.07) is 9.07. The standard InChI is InChI=1S/C17H15F3O4/c1-10-3-8-14(23-11(2)16(21)22)15(9-10)24-13-6-4-12(5-7-13)17(18,19)20/h3-9,11H,1-2H3,(H,21,22). The van der Waals surface area contributed by atoms with Crippen molar-refractivity contribution in [3.63, 3.8) is 0 Å². The molecule has 0 saturated heterocycles. The maximum atomic E-state index is 12.6. The number of benzene rings is 2. The average molecular weight is 340 g/mol. The third-order valence-corrected chi connectivity index (χ3v) is 3.16. The van der Waals surface area contributed by atoms with E-state index in [9.17, 15) is 18.0 Å². The van der Waals surface area contributed by atoms with E-state index in [1.54, 1.807) is 25.1 Å². The van der Waals surface area contributed by atoms with Crippen molar-refractivity contribution in [3.8, 4) is 17.2 Å². The van der Waals surface area contributed by atoms with E-state index in [1.165, 1.54) is 19.1 Å². The number of carboxylic acids is 1. The van der Waals surface area contributed by atoms with Gasteiger partial charge in [-0.3, -0.25) is 0 Å². The van der Waals surface area contributed by atoms with Crippen LogP contribution in [0.1, 0.15) is 18.1 Å². The van der Waals surface area contributed by atoms with E-state index in [0.29, 0.717) is 0 Å². The van der Waals surface area contributed by atoms with E-state index in [2.05, 4.69) is 0 Å². The maximum absolute atomic E-state index is 12.6. The summed E-state index contributed by atoms with van der Waals surface area (Å²) in [6.45, 7) is 3.16. The van der Waals surface area contributed by atoms with Gasteiger partial charge in [0.05, 0.1) is 5.56 Å². The Hall–Kier alpha value is -2.70. The molecule has 0 heterocycles. The molecule has 7 heteroatoms. The molecule has 0 aliphatic carbocycles. The topological polar surface area (TPSA) is 55.8 Å². The van der Waals surface area contributed by atoms with Gasteiger partial charge < -0.3 is 14.6 Å². The quantitative estimate of drug-likeness (QED) is 0.860. The van der Waals surface area contributed by atoms with Crippen molar-refractivity contribution < 1.29 is 32.5 Å². The molecule has 0 amide bonds. The number of hydrogen-bond donors (Lipinski definition) is 1. The van der Waals surface area contributed by atoms with Crippen LogP contribution in [0, 0.1) is 6.92 Å². The lowest BCUT2D eigenvalue weighted by molar-refractivity contribution is -0.144. The van der Waals surface area contributed by atoms with Gasteiger partial charge in [-0.1, -0.05) is 6.07 Å². The number of carbonyl (C=O) groups is 1. The van der Waals surface area contributed by atoms with Crippen LogP contribution in [0.25, 0.3) is 0 Å². The first-order chi connectivity index (χ1) is 11.2. The van der Waals surface area contributed by atoms with Crippen LogP contribution < -0.4 is 9.47 Å². The summed E-state index contributed by atoms with van der Waals surface area (Å²) >= 11 is 0. The number of alkyl halides is 3. The zero-order valence-electron chi connectivity index (χ0n) is 12.9. The second-order valence-corrected chi connectivity index (χ2v) is 5.17. The summed E-state index contributed by atoms with van der Waals surface area (Å²) in [7, 11) is 0. The lowest BCUT2D eigenvalue weighted by atomic mass is 10.2. The highest BCUT2D eigenvalue weighted by molar-refractivity contribution is 5.72. The molecule has 0 aliphatic rings. The lowest BCUT2D eigenvalue weighted by Gasteiger charge is -2.16. The third kappa shape index (κ3) is 4.41. The predicted octanol–water partition coefficient (Wildman–Crippen LogP) is 4.66. The zero-order valence-corrected chi connectivity index (χ0v) is 12.9. The SMILES string of the molecule is Cc1ccc(OC(C)C(=O)O)c(Oc2ccc(C(F)(F)F)cc2)c1. The molecule has 0 radical (unpaired) electrons. The largest absolute Gasteiger partial charge is 0.479 e. The third-order valence-electron chi connectivity index (χ3n) is 3.16. The molecule has 24 heavy (non-hydrogen) atoms. The van der Waals surface area contributed by atoms with Crippen LogP contribution in [0.4, 0.5) is 13.2 Å². The number of halogens is 3. The van der Waals surface area contributed by atoms with E-state index >= 15 is 0 Å². The normalized spacial score (nSPS) is 12.5. The second kappa shape index (κ2) is 6.82. The summed E-state index contributed by atoms with van der Waals surface area (Å²) in [5, 5.41) is 8.91. The Balaban J connectivity index is 2.25. The van der Waals surface area contributed by atoms with Crippen LogP contribution in [0.15, 0.2) is 42.5 Å². The van der Waals surface area contributed by atoms with E-state index < -0.39 is 23.8 Å². The predicted molar refractivity (Wildman–Crippen MR) is 80.4 cm³/mol. The summed E-state index contributed by atoms with van der Waals surface area (Å²) in [4.78, 5) is 10.9. The van der Waals surface area contributed by atoms with Crippen LogP contribution in [0.2, 0.25) is 0 Å². The maximum Gasteiger partial charge on any atom is 0.416 e. The van der Waals surface area contributed by atoms with Gasteiger partial charge in [0.25, 0.3) is 0 Å². The molecule has 2 aromatic rings. The molecule has 2 rings (SSSR count). The second-order valence-electron chi connectivity index (χ2n) is 5.17. The average Bonchev–Trinajstić information content (AvgIpc) is 2.49. The smallest absolute Gasteiger partial charge is 0.416 e. The van der Waals surface area contributed by atoms with Crippen LogP contribution in [0.3, 0.4) is 0 Å². The highest BCUT2D eigenvalue weighted by atomic mass is 19.4. The van der Waals surface area contributed by atoms with Gasteiger partial charge in [0.15, 0.2) is 17.6 Å². The van der Waals surface area contributed by atoms with Crippen LogP contribution in [0.5, 0.6) is 17.2 Å². The molecule has 4 nitrogen and oxygen atoms in total. The fraction of sp³-hybridized carbons (Fsp3) is 0.235. The lowest BCUT2D eigenvalue weighted by Crippen LogP contribution is -2.23. The Morgan fingerprint density at radius 1 is 1.08 bits per heavy atom. The summed E-state index contributed by atoms with van der Waals surface area (Å²) < 4.78 is 48.6. The Morgan fingerprint density at radius 2 is 1.71 bits per heavy atom. The van der Waals surface area contributed by atoms with Crippen molar-refractivity contribution in [2.75, 3.05) is 0 Å². The van der Waals surface area contributed by atoms with Gasteiger partial charge >= 0.3 is 12.1 Å². The summed E-state index contributed by atoms with van der Waals surface area (Å²) in [5.41, 5.74) is 0.0438. The van der Waals surface area contributed by atoms with Gasteiger partial charge in [-0.25, -0.2) is 4.79 Å². The van der Waals surface area contributed by atoms with E-state index in [1.807, 2.05) is 0 Å². The van der Waals surface area contributed by atoms with Crippen LogP contribution in [-0.4, -0.2) is 17.2 Å². The van der Waals surface area contributed by atoms with Crippen molar-refractivity contribution in [1.82, 2.24) is 0 Å². The van der Waals surface area contributed by atoms with Crippen molar-refractivity contribution in [1.29, 1.82) is 0 Å². The molecule has 128 valence electrons. The Bertz CT molecular complexity index is 724. The highest BCUT2D eigenvalue weighted by Crippen LogP contribution is 2.35. The van der Waals surface area contributed by atoms with Gasteiger partial charge in [-0.05, 0) is 55.8 Å². The summed E-state index contributed by atoms with van der Waals surface area (Å²) in [5.74, 6) is -0.546. The van der Waals surface area contributed by atoms with Crippen LogP contribution >= 0.6 is 0 Å². The van der Waals surface area contributed by atoms with Crippen LogP contribution in [-0.2, 0) is 11.0 Å². The van der Waals surface area contributed by atoms with Crippen molar-refractivity contribution >= 4 is 5.97 Å². The molecule has 1 atom stereocenters.